The van der Waals surface area contributed by atoms with E-state index in [2.05, 4.69) is 9.97 Å². The SMILES string of the molecule is O=[C]c1cc2c(cn1)[nH]c1ccccc12. The van der Waals surface area contributed by atoms with E-state index in [-0.39, 0.29) is 0 Å². The first kappa shape index (κ1) is 8.17. The van der Waals surface area contributed by atoms with Gasteiger partial charge >= 0.3 is 0 Å². The standard InChI is InChI=1S/C12H7N2O/c15-7-8-5-10-9-3-1-2-4-11(9)14-12(10)6-13-8/h1-6,14H. The van der Waals surface area contributed by atoms with Crippen LogP contribution in [0, 0.1) is 0 Å². The zero-order chi connectivity index (χ0) is 10.3. The highest BCUT2D eigenvalue weighted by atomic mass is 16.1. The maximum Gasteiger partial charge on any atom is 0.253 e. The fourth-order valence-corrected chi connectivity index (χ4v) is 1.81. The van der Waals surface area contributed by atoms with Gasteiger partial charge in [-0.25, -0.2) is 0 Å². The molecule has 1 aromatic carbocycles. The van der Waals surface area contributed by atoms with Crippen LogP contribution in [-0.2, 0) is 4.79 Å². The van der Waals surface area contributed by atoms with Crippen LogP contribution in [0.1, 0.15) is 5.69 Å². The highest BCUT2D eigenvalue weighted by Crippen LogP contribution is 2.24. The lowest BCUT2D eigenvalue weighted by Crippen LogP contribution is -1.84. The Morgan fingerprint density at radius 3 is 2.87 bits per heavy atom. The van der Waals surface area contributed by atoms with E-state index in [0.717, 1.165) is 21.8 Å². The lowest BCUT2D eigenvalue weighted by Gasteiger charge is -1.90. The first-order chi connectivity index (χ1) is 7.38. The van der Waals surface area contributed by atoms with Gasteiger partial charge in [-0.3, -0.25) is 9.78 Å². The van der Waals surface area contributed by atoms with Crippen LogP contribution < -0.4 is 0 Å². The highest BCUT2D eigenvalue weighted by molar-refractivity contribution is 6.07. The fourth-order valence-electron chi connectivity index (χ4n) is 1.81. The van der Waals surface area contributed by atoms with Crippen molar-refractivity contribution in [3.63, 3.8) is 0 Å². The van der Waals surface area contributed by atoms with Crippen LogP contribution in [0.3, 0.4) is 0 Å². The molecule has 2 aromatic heterocycles. The quantitative estimate of drug-likeness (QED) is 0.646. The summed E-state index contributed by atoms with van der Waals surface area (Å²) in [6, 6.07) is 9.71. The Balaban J connectivity index is 2.51. The molecule has 3 rings (SSSR count). The number of aromatic amines is 1. The lowest BCUT2D eigenvalue weighted by atomic mass is 10.2. The van der Waals surface area contributed by atoms with Crippen LogP contribution in [0.4, 0.5) is 0 Å². The minimum Gasteiger partial charge on any atom is -0.353 e. The van der Waals surface area contributed by atoms with E-state index in [4.69, 9.17) is 0 Å². The van der Waals surface area contributed by atoms with Crippen LogP contribution >= 0.6 is 0 Å². The predicted molar refractivity (Wildman–Crippen MR) is 58.4 cm³/mol. The van der Waals surface area contributed by atoms with Crippen molar-refractivity contribution in [2.75, 3.05) is 0 Å². The summed E-state index contributed by atoms with van der Waals surface area (Å²) in [6.07, 6.45) is 3.46. The first-order valence-corrected chi connectivity index (χ1v) is 4.63. The molecule has 71 valence electrons. The Kier molecular flexibility index (Phi) is 1.59. The van der Waals surface area contributed by atoms with E-state index >= 15 is 0 Å². The summed E-state index contributed by atoms with van der Waals surface area (Å²) in [5.41, 5.74) is 2.33. The molecular weight excluding hydrogens is 188 g/mol. The summed E-state index contributed by atoms with van der Waals surface area (Å²) in [5.74, 6) is 0. The summed E-state index contributed by atoms with van der Waals surface area (Å²) in [5, 5.41) is 2.12. The van der Waals surface area contributed by atoms with E-state index < -0.39 is 0 Å². The maximum atomic E-state index is 10.5. The molecule has 2 heterocycles. The van der Waals surface area contributed by atoms with Crippen molar-refractivity contribution in [1.29, 1.82) is 0 Å². The van der Waals surface area contributed by atoms with Gasteiger partial charge in [-0.1, -0.05) is 18.2 Å². The monoisotopic (exact) mass is 195 g/mol. The summed E-state index contributed by atoms with van der Waals surface area (Å²) in [4.78, 5) is 17.7. The van der Waals surface area contributed by atoms with Crippen molar-refractivity contribution in [1.82, 2.24) is 9.97 Å². The van der Waals surface area contributed by atoms with E-state index in [9.17, 15) is 4.79 Å². The molecule has 0 spiro atoms. The number of para-hydroxylation sites is 1. The predicted octanol–water partition coefficient (Wildman–Crippen LogP) is 2.17. The number of rotatable bonds is 1. The van der Waals surface area contributed by atoms with Gasteiger partial charge in [0.1, 0.15) is 5.69 Å². The largest absolute Gasteiger partial charge is 0.353 e. The molecule has 0 saturated carbocycles. The Bertz CT molecular complexity index is 655. The molecule has 3 aromatic rings. The maximum absolute atomic E-state index is 10.5. The molecule has 0 unspecified atom stereocenters. The Morgan fingerprint density at radius 2 is 2.00 bits per heavy atom. The van der Waals surface area contributed by atoms with Crippen LogP contribution in [0.15, 0.2) is 36.5 Å². The molecule has 0 fully saturated rings. The van der Waals surface area contributed by atoms with Gasteiger partial charge in [0, 0.05) is 16.3 Å². The summed E-state index contributed by atoms with van der Waals surface area (Å²) in [6.45, 7) is 0. The molecule has 0 aliphatic rings. The first-order valence-electron chi connectivity index (χ1n) is 4.63. The van der Waals surface area contributed by atoms with E-state index in [0.29, 0.717) is 5.69 Å². The van der Waals surface area contributed by atoms with Crippen molar-refractivity contribution in [3.05, 3.63) is 42.2 Å². The summed E-state index contributed by atoms with van der Waals surface area (Å²) < 4.78 is 0. The number of carbonyl (C=O) groups excluding carboxylic acids is 1. The Labute approximate surface area is 85.8 Å². The minimum absolute atomic E-state index is 0.340. The number of hydrogen-bond acceptors (Lipinski definition) is 2. The van der Waals surface area contributed by atoms with Crippen LogP contribution in [0.2, 0.25) is 0 Å². The number of fused-ring (bicyclic) bond motifs is 3. The van der Waals surface area contributed by atoms with E-state index in [1.807, 2.05) is 24.3 Å². The third-order valence-corrected chi connectivity index (χ3v) is 2.50. The molecule has 0 atom stereocenters. The molecule has 1 radical (unpaired) electrons. The number of pyridine rings is 1. The highest BCUT2D eigenvalue weighted by Gasteiger charge is 2.04. The number of aromatic nitrogens is 2. The average molecular weight is 195 g/mol. The molecule has 0 aliphatic carbocycles. The average Bonchev–Trinajstić information content (AvgIpc) is 2.66. The Morgan fingerprint density at radius 1 is 1.13 bits per heavy atom. The lowest BCUT2D eigenvalue weighted by molar-refractivity contribution is 0.561. The van der Waals surface area contributed by atoms with Crippen molar-refractivity contribution in [3.8, 4) is 0 Å². The van der Waals surface area contributed by atoms with Gasteiger partial charge in [0.25, 0.3) is 6.29 Å². The van der Waals surface area contributed by atoms with E-state index in [1.165, 1.54) is 0 Å². The normalized spacial score (nSPS) is 10.9. The summed E-state index contributed by atoms with van der Waals surface area (Å²) >= 11 is 0. The molecule has 3 heteroatoms. The zero-order valence-electron chi connectivity index (χ0n) is 7.82. The van der Waals surface area contributed by atoms with Gasteiger partial charge in [-0.2, -0.15) is 0 Å². The molecule has 1 N–H and O–H groups in total. The van der Waals surface area contributed by atoms with Crippen molar-refractivity contribution < 1.29 is 4.79 Å². The molecule has 0 aliphatic heterocycles. The molecular formula is C12H7N2O. The smallest absolute Gasteiger partial charge is 0.253 e. The third-order valence-electron chi connectivity index (χ3n) is 2.50. The molecule has 0 amide bonds. The van der Waals surface area contributed by atoms with Crippen molar-refractivity contribution in [2.24, 2.45) is 0 Å². The zero-order valence-corrected chi connectivity index (χ0v) is 7.82. The Hall–Kier alpha value is -2.16. The van der Waals surface area contributed by atoms with E-state index in [1.54, 1.807) is 18.5 Å². The van der Waals surface area contributed by atoms with Gasteiger partial charge in [0.2, 0.25) is 0 Å². The van der Waals surface area contributed by atoms with Gasteiger partial charge < -0.3 is 4.98 Å². The number of H-pyrrole nitrogens is 1. The molecule has 3 nitrogen and oxygen atoms in total. The van der Waals surface area contributed by atoms with Crippen LogP contribution in [0.5, 0.6) is 0 Å². The molecule has 0 bridgehead atoms. The number of hydrogen-bond donors (Lipinski definition) is 1. The van der Waals surface area contributed by atoms with Crippen molar-refractivity contribution >= 4 is 28.1 Å². The second-order valence-electron chi connectivity index (χ2n) is 3.39. The second kappa shape index (κ2) is 2.92. The number of nitrogens with zero attached hydrogens (tertiary/aromatic N) is 1. The fraction of sp³-hybridized carbons (Fsp3) is 0. The van der Waals surface area contributed by atoms with Gasteiger partial charge in [-0.15, -0.1) is 0 Å². The van der Waals surface area contributed by atoms with Gasteiger partial charge in [-0.05, 0) is 12.1 Å². The van der Waals surface area contributed by atoms with Crippen LogP contribution in [0.25, 0.3) is 21.8 Å². The number of nitrogens with one attached hydrogen (secondary N) is 1. The van der Waals surface area contributed by atoms with Gasteiger partial charge in [0.15, 0.2) is 0 Å². The topological polar surface area (TPSA) is 45.8 Å². The van der Waals surface area contributed by atoms with Crippen LogP contribution in [-0.4, -0.2) is 16.3 Å². The summed E-state index contributed by atoms with van der Waals surface area (Å²) in [7, 11) is 0. The van der Waals surface area contributed by atoms with Gasteiger partial charge in [0.05, 0.1) is 11.7 Å². The third kappa shape index (κ3) is 1.13. The van der Waals surface area contributed by atoms with Crippen molar-refractivity contribution in [2.45, 2.75) is 0 Å². The molecule has 15 heavy (non-hydrogen) atoms. The number of benzene rings is 1. The minimum atomic E-state index is 0.340. The molecule has 0 saturated heterocycles. The second-order valence-corrected chi connectivity index (χ2v) is 3.39.